The van der Waals surface area contributed by atoms with Crippen molar-refractivity contribution >= 4 is 5.97 Å². The van der Waals surface area contributed by atoms with Gasteiger partial charge in [0.05, 0.1) is 5.57 Å². The zero-order valence-corrected chi connectivity index (χ0v) is 5.44. The van der Waals surface area contributed by atoms with Crippen molar-refractivity contribution in [1.82, 2.24) is 0 Å². The minimum atomic E-state index is -1.19. The summed E-state index contributed by atoms with van der Waals surface area (Å²) in [5.74, 6) is -1.74. The average Bonchev–Trinajstić information content (AvgIpc) is 1.84. The number of hydrogen-bond donors (Lipinski definition) is 1. The van der Waals surface area contributed by atoms with Gasteiger partial charge in [0.15, 0.2) is 0 Å². The third kappa shape index (κ3) is 2.26. The molecular formula is C6H9FO2. The minimum Gasteiger partial charge on any atom is -0.478 e. The van der Waals surface area contributed by atoms with Gasteiger partial charge in [-0.1, -0.05) is 6.92 Å². The fourth-order valence-corrected chi connectivity index (χ4v) is 0.381. The highest BCUT2D eigenvalue weighted by atomic mass is 19.1. The van der Waals surface area contributed by atoms with Crippen molar-refractivity contribution in [2.75, 3.05) is 0 Å². The number of halogens is 1. The molecule has 0 atom stereocenters. The zero-order chi connectivity index (χ0) is 7.44. The standard InChI is InChI=1S/C6H9FO2/c1-3-5(7)4(2)6(8)9/h3H2,1-2H3,(H,8,9). The monoisotopic (exact) mass is 132 g/mol. The highest BCUT2D eigenvalue weighted by Gasteiger charge is 2.05. The first-order chi connectivity index (χ1) is 4.09. The van der Waals surface area contributed by atoms with Crippen LogP contribution in [0.4, 0.5) is 4.39 Å². The van der Waals surface area contributed by atoms with Crippen LogP contribution >= 0.6 is 0 Å². The van der Waals surface area contributed by atoms with Crippen molar-refractivity contribution in [1.29, 1.82) is 0 Å². The van der Waals surface area contributed by atoms with Crippen LogP contribution < -0.4 is 0 Å². The molecule has 1 N–H and O–H groups in total. The Hall–Kier alpha value is -0.860. The Balaban J connectivity index is 4.28. The van der Waals surface area contributed by atoms with Gasteiger partial charge in [-0.05, 0) is 13.3 Å². The summed E-state index contributed by atoms with van der Waals surface area (Å²) in [7, 11) is 0. The molecule has 0 unspecified atom stereocenters. The average molecular weight is 132 g/mol. The van der Waals surface area contributed by atoms with Crippen LogP contribution in [0.1, 0.15) is 20.3 Å². The molecule has 0 rings (SSSR count). The van der Waals surface area contributed by atoms with Gasteiger partial charge < -0.3 is 5.11 Å². The molecule has 0 saturated heterocycles. The van der Waals surface area contributed by atoms with Crippen LogP contribution in [0.15, 0.2) is 11.4 Å². The lowest BCUT2D eigenvalue weighted by atomic mass is 10.2. The van der Waals surface area contributed by atoms with E-state index in [9.17, 15) is 9.18 Å². The normalized spacial score (nSPS) is 12.8. The van der Waals surface area contributed by atoms with Crippen LogP contribution in [0, 0.1) is 0 Å². The topological polar surface area (TPSA) is 37.3 Å². The molecular weight excluding hydrogens is 123 g/mol. The predicted molar refractivity (Wildman–Crippen MR) is 31.7 cm³/mol. The second-order valence-electron chi connectivity index (χ2n) is 1.69. The maximum absolute atomic E-state index is 12.3. The quantitative estimate of drug-likeness (QED) is 0.581. The summed E-state index contributed by atoms with van der Waals surface area (Å²) in [5, 5.41) is 8.19. The van der Waals surface area contributed by atoms with Gasteiger partial charge in [0.2, 0.25) is 0 Å². The molecule has 0 aliphatic carbocycles. The smallest absolute Gasteiger partial charge is 0.333 e. The third-order valence-corrected chi connectivity index (χ3v) is 1.04. The largest absolute Gasteiger partial charge is 0.478 e. The van der Waals surface area contributed by atoms with Gasteiger partial charge in [0.25, 0.3) is 0 Å². The Morgan fingerprint density at radius 2 is 2.11 bits per heavy atom. The number of hydrogen-bond acceptors (Lipinski definition) is 1. The summed E-state index contributed by atoms with van der Waals surface area (Å²) in [6.45, 7) is 2.82. The second-order valence-corrected chi connectivity index (χ2v) is 1.69. The van der Waals surface area contributed by atoms with Crippen LogP contribution in [0.25, 0.3) is 0 Å². The molecule has 0 aromatic heterocycles. The van der Waals surface area contributed by atoms with Gasteiger partial charge in [-0.15, -0.1) is 0 Å². The van der Waals surface area contributed by atoms with Gasteiger partial charge in [-0.2, -0.15) is 0 Å². The first-order valence-corrected chi connectivity index (χ1v) is 2.68. The lowest BCUT2D eigenvalue weighted by Crippen LogP contribution is -1.97. The first-order valence-electron chi connectivity index (χ1n) is 2.68. The van der Waals surface area contributed by atoms with E-state index >= 15 is 0 Å². The molecule has 0 heterocycles. The van der Waals surface area contributed by atoms with Crippen LogP contribution in [0.5, 0.6) is 0 Å². The maximum Gasteiger partial charge on any atom is 0.333 e. The molecule has 0 radical (unpaired) electrons. The molecule has 0 amide bonds. The molecule has 0 spiro atoms. The molecule has 0 saturated carbocycles. The Kier molecular flexibility index (Phi) is 2.91. The van der Waals surface area contributed by atoms with E-state index in [0.717, 1.165) is 0 Å². The van der Waals surface area contributed by atoms with Crippen molar-refractivity contribution in [3.8, 4) is 0 Å². The lowest BCUT2D eigenvalue weighted by molar-refractivity contribution is -0.132. The van der Waals surface area contributed by atoms with Gasteiger partial charge >= 0.3 is 5.97 Å². The van der Waals surface area contributed by atoms with Gasteiger partial charge in [0.1, 0.15) is 5.83 Å². The van der Waals surface area contributed by atoms with Crippen molar-refractivity contribution in [2.45, 2.75) is 20.3 Å². The summed E-state index contributed by atoms with van der Waals surface area (Å²) in [6.07, 6.45) is 0.151. The number of carbonyl (C=O) groups is 1. The zero-order valence-electron chi connectivity index (χ0n) is 5.44. The number of rotatable bonds is 2. The van der Waals surface area contributed by atoms with Crippen molar-refractivity contribution in [3.63, 3.8) is 0 Å². The highest BCUT2D eigenvalue weighted by molar-refractivity contribution is 5.86. The lowest BCUT2D eigenvalue weighted by Gasteiger charge is -1.93. The van der Waals surface area contributed by atoms with E-state index in [1.54, 1.807) is 6.92 Å². The Morgan fingerprint density at radius 3 is 2.22 bits per heavy atom. The highest BCUT2D eigenvalue weighted by Crippen LogP contribution is 2.08. The number of aliphatic carboxylic acids is 1. The molecule has 0 aliphatic heterocycles. The van der Waals surface area contributed by atoms with Crippen LogP contribution in [-0.4, -0.2) is 11.1 Å². The summed E-state index contributed by atoms with van der Waals surface area (Å²) in [5.41, 5.74) is -0.197. The molecule has 0 fully saturated rings. The van der Waals surface area contributed by atoms with E-state index in [4.69, 9.17) is 5.11 Å². The maximum atomic E-state index is 12.3. The Morgan fingerprint density at radius 1 is 1.67 bits per heavy atom. The van der Waals surface area contributed by atoms with Crippen molar-refractivity contribution in [2.24, 2.45) is 0 Å². The van der Waals surface area contributed by atoms with Crippen LogP contribution in [-0.2, 0) is 4.79 Å². The van der Waals surface area contributed by atoms with E-state index < -0.39 is 11.8 Å². The summed E-state index contributed by atoms with van der Waals surface area (Å²) in [4.78, 5) is 10.0. The van der Waals surface area contributed by atoms with E-state index in [0.29, 0.717) is 0 Å². The van der Waals surface area contributed by atoms with Crippen LogP contribution in [0.2, 0.25) is 0 Å². The van der Waals surface area contributed by atoms with Crippen molar-refractivity contribution in [3.05, 3.63) is 11.4 Å². The number of carboxylic acid groups (broad SMARTS) is 1. The summed E-state index contributed by atoms with van der Waals surface area (Å²) < 4.78 is 12.3. The predicted octanol–water partition coefficient (Wildman–Crippen LogP) is 1.72. The van der Waals surface area contributed by atoms with E-state index in [1.807, 2.05) is 0 Å². The Labute approximate surface area is 53.0 Å². The molecule has 9 heavy (non-hydrogen) atoms. The van der Waals surface area contributed by atoms with Crippen molar-refractivity contribution < 1.29 is 14.3 Å². The molecule has 0 bridgehead atoms. The third-order valence-electron chi connectivity index (χ3n) is 1.04. The van der Waals surface area contributed by atoms with E-state index in [1.165, 1.54) is 6.92 Å². The minimum absolute atomic E-state index is 0.151. The van der Waals surface area contributed by atoms with E-state index in [-0.39, 0.29) is 12.0 Å². The molecule has 0 aromatic carbocycles. The number of carboxylic acids is 1. The molecule has 3 heteroatoms. The van der Waals surface area contributed by atoms with Gasteiger partial charge in [0, 0.05) is 0 Å². The van der Waals surface area contributed by atoms with Gasteiger partial charge in [-0.25, -0.2) is 9.18 Å². The summed E-state index contributed by atoms with van der Waals surface area (Å²) >= 11 is 0. The second kappa shape index (κ2) is 3.22. The first kappa shape index (κ1) is 8.14. The Bertz CT molecular complexity index is 149. The molecule has 2 nitrogen and oxygen atoms in total. The SMILES string of the molecule is CCC(F)=C(C)C(=O)O. The van der Waals surface area contributed by atoms with Crippen LogP contribution in [0.3, 0.4) is 0 Å². The fourth-order valence-electron chi connectivity index (χ4n) is 0.381. The fraction of sp³-hybridized carbons (Fsp3) is 0.500. The summed E-state index contributed by atoms with van der Waals surface area (Å²) in [6, 6.07) is 0. The number of allylic oxidation sites excluding steroid dienone is 1. The van der Waals surface area contributed by atoms with E-state index in [2.05, 4.69) is 0 Å². The molecule has 0 aliphatic rings. The molecule has 52 valence electrons. The van der Waals surface area contributed by atoms with Gasteiger partial charge in [-0.3, -0.25) is 0 Å². The molecule has 0 aromatic rings.